The molecule has 0 bridgehead atoms. The van der Waals surface area contributed by atoms with Gasteiger partial charge in [-0.3, -0.25) is 4.79 Å². The molecule has 0 aliphatic rings. The van der Waals surface area contributed by atoms with E-state index < -0.39 is 0 Å². The summed E-state index contributed by atoms with van der Waals surface area (Å²) >= 11 is 5.89. The minimum Gasteiger partial charge on any atom is -0.357 e. The Balaban J connectivity index is 2.63. The van der Waals surface area contributed by atoms with Gasteiger partial charge >= 0.3 is 0 Å². The van der Waals surface area contributed by atoms with Gasteiger partial charge in [-0.05, 0) is 31.0 Å². The third-order valence-electron chi connectivity index (χ3n) is 2.97. The highest BCUT2D eigenvalue weighted by molar-refractivity contribution is 6.30. The Morgan fingerprint density at radius 1 is 1.23 bits per heavy atom. The average molecular weight is 325 g/mol. The van der Waals surface area contributed by atoms with Gasteiger partial charge in [-0.15, -0.1) is 0 Å². The van der Waals surface area contributed by atoms with Gasteiger partial charge in [0.1, 0.15) is 6.54 Å². The Hall–Kier alpha value is -1.75. The van der Waals surface area contributed by atoms with Crippen LogP contribution >= 0.6 is 11.6 Å². The second-order valence-corrected chi connectivity index (χ2v) is 5.44. The Labute approximate surface area is 137 Å². The van der Waals surface area contributed by atoms with Crippen LogP contribution in [0.15, 0.2) is 29.3 Å². The molecule has 5 nitrogen and oxygen atoms in total. The first-order chi connectivity index (χ1) is 10.6. The van der Waals surface area contributed by atoms with E-state index in [0.717, 1.165) is 23.6 Å². The molecule has 0 fully saturated rings. The van der Waals surface area contributed by atoms with Crippen LogP contribution in [-0.4, -0.2) is 43.4 Å². The first kappa shape index (κ1) is 18.3. The van der Waals surface area contributed by atoms with Gasteiger partial charge in [0.15, 0.2) is 5.96 Å². The van der Waals surface area contributed by atoms with E-state index in [1.54, 1.807) is 0 Å². The zero-order chi connectivity index (χ0) is 16.4. The fraction of sp³-hybridized carbons (Fsp3) is 0.500. The molecule has 1 aromatic rings. The number of benzene rings is 1. The Morgan fingerprint density at radius 3 is 2.50 bits per heavy atom. The number of carbonyl (C=O) groups excluding carboxylic acids is 1. The Bertz CT molecular complexity index is 487. The highest BCUT2D eigenvalue weighted by Gasteiger charge is 2.07. The molecule has 122 valence electrons. The first-order valence-corrected chi connectivity index (χ1v) is 7.95. The second kappa shape index (κ2) is 10.1. The number of nitrogens with zero attached hydrogens (tertiary/aromatic N) is 2. The van der Waals surface area contributed by atoms with Crippen LogP contribution in [0.4, 0.5) is 0 Å². The number of aliphatic imine (C=N–C) groups is 1. The summed E-state index contributed by atoms with van der Waals surface area (Å²) in [6.07, 6.45) is 0.923. The van der Waals surface area contributed by atoms with Gasteiger partial charge in [0.25, 0.3) is 0 Å². The molecular weight excluding hydrogens is 300 g/mol. The summed E-state index contributed by atoms with van der Waals surface area (Å²) in [5.41, 5.74) is 1.13. The van der Waals surface area contributed by atoms with Crippen LogP contribution in [0.25, 0.3) is 0 Å². The van der Waals surface area contributed by atoms with Gasteiger partial charge < -0.3 is 15.5 Å². The molecule has 2 N–H and O–H groups in total. The molecule has 6 heteroatoms. The molecule has 0 saturated carbocycles. The Kier molecular flexibility index (Phi) is 8.36. The number of carbonyl (C=O) groups is 1. The quantitative estimate of drug-likeness (QED) is 0.597. The van der Waals surface area contributed by atoms with Crippen molar-refractivity contribution in [2.75, 3.05) is 26.7 Å². The molecule has 0 spiro atoms. The van der Waals surface area contributed by atoms with Crippen molar-refractivity contribution in [1.29, 1.82) is 0 Å². The minimum atomic E-state index is -0.0582. The SMILES string of the molecule is CCCNC(=O)CN=C(NCC)N(C)Cc1ccc(Cl)cc1. The molecule has 1 aromatic carbocycles. The molecular formula is C16H25ClN4O. The van der Waals surface area contributed by atoms with E-state index in [1.165, 1.54) is 0 Å². The predicted octanol–water partition coefficient (Wildman–Crippen LogP) is 2.26. The number of halogens is 1. The van der Waals surface area contributed by atoms with E-state index in [0.29, 0.717) is 19.0 Å². The second-order valence-electron chi connectivity index (χ2n) is 5.00. The molecule has 22 heavy (non-hydrogen) atoms. The van der Waals surface area contributed by atoms with Crippen LogP contribution < -0.4 is 10.6 Å². The largest absolute Gasteiger partial charge is 0.357 e. The molecule has 1 amide bonds. The van der Waals surface area contributed by atoms with Crippen LogP contribution in [0, 0.1) is 0 Å². The lowest BCUT2D eigenvalue weighted by Gasteiger charge is -2.22. The van der Waals surface area contributed by atoms with Gasteiger partial charge in [-0.1, -0.05) is 30.7 Å². The molecule has 0 atom stereocenters. The van der Waals surface area contributed by atoms with E-state index in [9.17, 15) is 4.79 Å². The van der Waals surface area contributed by atoms with Crippen molar-refractivity contribution < 1.29 is 4.79 Å². The lowest BCUT2D eigenvalue weighted by Crippen LogP contribution is -2.39. The smallest absolute Gasteiger partial charge is 0.241 e. The maximum absolute atomic E-state index is 11.6. The monoisotopic (exact) mass is 324 g/mol. The minimum absolute atomic E-state index is 0.0582. The topological polar surface area (TPSA) is 56.7 Å². The maximum atomic E-state index is 11.6. The zero-order valence-electron chi connectivity index (χ0n) is 13.5. The average Bonchev–Trinajstić information content (AvgIpc) is 2.51. The lowest BCUT2D eigenvalue weighted by atomic mass is 10.2. The van der Waals surface area contributed by atoms with Gasteiger partial charge in [-0.2, -0.15) is 0 Å². The summed E-state index contributed by atoms with van der Waals surface area (Å²) < 4.78 is 0. The van der Waals surface area contributed by atoms with Gasteiger partial charge in [0, 0.05) is 31.7 Å². The van der Waals surface area contributed by atoms with Crippen LogP contribution in [0.2, 0.25) is 5.02 Å². The van der Waals surface area contributed by atoms with Gasteiger partial charge in [-0.25, -0.2) is 4.99 Å². The highest BCUT2D eigenvalue weighted by Crippen LogP contribution is 2.10. The van der Waals surface area contributed by atoms with Gasteiger partial charge in [0.2, 0.25) is 5.91 Å². The van der Waals surface area contributed by atoms with E-state index >= 15 is 0 Å². The summed E-state index contributed by atoms with van der Waals surface area (Å²) in [6, 6.07) is 7.70. The van der Waals surface area contributed by atoms with Crippen LogP contribution in [0.5, 0.6) is 0 Å². The summed E-state index contributed by atoms with van der Waals surface area (Å²) in [6.45, 7) is 6.29. The summed E-state index contributed by atoms with van der Waals surface area (Å²) in [7, 11) is 1.94. The van der Waals surface area contributed by atoms with Crippen molar-refractivity contribution in [2.45, 2.75) is 26.8 Å². The van der Waals surface area contributed by atoms with Crippen molar-refractivity contribution in [3.05, 3.63) is 34.9 Å². The predicted molar refractivity (Wildman–Crippen MR) is 92.2 cm³/mol. The third-order valence-corrected chi connectivity index (χ3v) is 3.23. The van der Waals surface area contributed by atoms with E-state index in [2.05, 4.69) is 15.6 Å². The van der Waals surface area contributed by atoms with E-state index in [1.807, 2.05) is 50.1 Å². The van der Waals surface area contributed by atoms with E-state index in [4.69, 9.17) is 11.6 Å². The van der Waals surface area contributed by atoms with Crippen molar-refractivity contribution in [3.8, 4) is 0 Å². The zero-order valence-corrected chi connectivity index (χ0v) is 14.3. The number of nitrogens with one attached hydrogen (secondary N) is 2. The molecule has 1 rings (SSSR count). The van der Waals surface area contributed by atoms with Crippen molar-refractivity contribution in [3.63, 3.8) is 0 Å². The van der Waals surface area contributed by atoms with E-state index in [-0.39, 0.29) is 12.5 Å². The van der Waals surface area contributed by atoms with Crippen molar-refractivity contribution in [2.24, 2.45) is 4.99 Å². The van der Waals surface area contributed by atoms with Crippen LogP contribution in [0.1, 0.15) is 25.8 Å². The van der Waals surface area contributed by atoms with Crippen molar-refractivity contribution in [1.82, 2.24) is 15.5 Å². The molecule has 0 aliphatic heterocycles. The highest BCUT2D eigenvalue weighted by atomic mass is 35.5. The standard InChI is InChI=1S/C16H25ClN4O/c1-4-10-19-15(22)11-20-16(18-5-2)21(3)12-13-6-8-14(17)9-7-13/h6-9H,4-5,10-12H2,1-3H3,(H,18,20)(H,19,22). The number of guanidine groups is 1. The molecule has 0 saturated heterocycles. The van der Waals surface area contributed by atoms with Gasteiger partial charge in [0.05, 0.1) is 0 Å². The molecule has 0 radical (unpaired) electrons. The number of amides is 1. The first-order valence-electron chi connectivity index (χ1n) is 7.57. The van der Waals surface area contributed by atoms with Crippen LogP contribution in [0.3, 0.4) is 0 Å². The molecule has 0 aromatic heterocycles. The third kappa shape index (κ3) is 6.80. The summed E-state index contributed by atoms with van der Waals surface area (Å²) in [4.78, 5) is 18.0. The normalized spacial score (nSPS) is 11.2. The molecule has 0 unspecified atom stereocenters. The van der Waals surface area contributed by atoms with Crippen molar-refractivity contribution >= 4 is 23.5 Å². The fourth-order valence-corrected chi connectivity index (χ4v) is 2.00. The maximum Gasteiger partial charge on any atom is 0.241 e. The number of hydrogen-bond donors (Lipinski definition) is 2. The molecule has 0 aliphatic carbocycles. The number of hydrogen-bond acceptors (Lipinski definition) is 2. The number of rotatable bonds is 7. The summed E-state index contributed by atoms with van der Waals surface area (Å²) in [5.74, 6) is 0.654. The summed E-state index contributed by atoms with van der Waals surface area (Å²) in [5, 5.41) is 6.73. The molecule has 0 heterocycles. The lowest BCUT2D eigenvalue weighted by molar-refractivity contribution is -0.119. The fourth-order valence-electron chi connectivity index (χ4n) is 1.88. The van der Waals surface area contributed by atoms with Crippen LogP contribution in [-0.2, 0) is 11.3 Å². The Morgan fingerprint density at radius 2 is 1.91 bits per heavy atom.